The van der Waals surface area contributed by atoms with Crippen LogP contribution in [0.5, 0.6) is 0 Å². The molecule has 3 aromatic carbocycles. The van der Waals surface area contributed by atoms with Gasteiger partial charge in [0.2, 0.25) is 0 Å². The van der Waals surface area contributed by atoms with E-state index >= 15 is 0 Å². The Labute approximate surface area is 219 Å². The zero-order valence-corrected chi connectivity index (χ0v) is 21.3. The number of anilines is 1. The molecule has 0 heterocycles. The molecule has 3 rings (SSSR count). The van der Waals surface area contributed by atoms with Crippen LogP contribution in [0.25, 0.3) is 0 Å². The molecule has 9 heteroatoms. The zero-order chi connectivity index (χ0) is 25.2. The Hall–Kier alpha value is -3.06. The maximum absolute atomic E-state index is 12.2. The van der Waals surface area contributed by atoms with Gasteiger partial charge in [0.15, 0.2) is 0 Å². The lowest BCUT2D eigenvalue weighted by Crippen LogP contribution is -2.34. The molecule has 0 bridgehead atoms. The Balaban J connectivity index is 1.57. The Bertz CT molecular complexity index is 1210. The van der Waals surface area contributed by atoms with E-state index in [1.807, 2.05) is 6.07 Å². The first-order valence-corrected chi connectivity index (χ1v) is 12.1. The largest absolute Gasteiger partial charge is 0.391 e. The van der Waals surface area contributed by atoms with Crippen molar-refractivity contribution in [1.82, 2.24) is 5.32 Å². The van der Waals surface area contributed by atoms with Gasteiger partial charge in [-0.15, -0.1) is 0 Å². The number of hydrogen-bond donors (Lipinski definition) is 2. The summed E-state index contributed by atoms with van der Waals surface area (Å²) in [7, 11) is 0. The number of imide groups is 1. The molecular weight excluding hydrogens is 509 g/mol. The summed E-state index contributed by atoms with van der Waals surface area (Å²) in [6, 6.07) is 18.1. The van der Waals surface area contributed by atoms with Crippen molar-refractivity contribution >= 4 is 58.1 Å². The third-order valence-corrected chi connectivity index (χ3v) is 5.85. The minimum Gasteiger partial charge on any atom is -0.391 e. The summed E-state index contributed by atoms with van der Waals surface area (Å²) in [5, 5.41) is 10.5. The molecule has 0 radical (unpaired) electrons. The summed E-state index contributed by atoms with van der Waals surface area (Å²) in [6.45, 7) is 2.34. The number of amides is 3. The van der Waals surface area contributed by atoms with Crippen LogP contribution in [0, 0.1) is 0 Å². The maximum Gasteiger partial charge on any atom is 0.326 e. The van der Waals surface area contributed by atoms with Gasteiger partial charge in [-0.3, -0.25) is 10.1 Å². The van der Waals surface area contributed by atoms with Crippen molar-refractivity contribution < 1.29 is 14.4 Å². The van der Waals surface area contributed by atoms with Crippen LogP contribution in [0.4, 0.5) is 10.5 Å². The van der Waals surface area contributed by atoms with E-state index in [4.69, 9.17) is 39.6 Å². The van der Waals surface area contributed by atoms with Crippen LogP contribution in [0.1, 0.15) is 47.7 Å². The van der Waals surface area contributed by atoms with E-state index in [9.17, 15) is 9.59 Å². The number of carbonyl (C=O) groups excluding carboxylic acids is 2. The van der Waals surface area contributed by atoms with Crippen LogP contribution in [-0.2, 0) is 11.4 Å². The number of urea groups is 1. The second kappa shape index (κ2) is 13.1. The van der Waals surface area contributed by atoms with Crippen molar-refractivity contribution in [3.05, 3.63) is 98.5 Å². The summed E-state index contributed by atoms with van der Waals surface area (Å²) < 4.78 is 0. The quantitative estimate of drug-likeness (QED) is 0.219. The fourth-order valence-corrected chi connectivity index (χ4v) is 3.88. The molecule has 0 aliphatic rings. The Morgan fingerprint density at radius 1 is 0.914 bits per heavy atom. The summed E-state index contributed by atoms with van der Waals surface area (Å²) in [6.07, 6.45) is 2.68. The summed E-state index contributed by atoms with van der Waals surface area (Å²) in [5.74, 6) is -0.587. The van der Waals surface area contributed by atoms with Gasteiger partial charge in [-0.25, -0.2) is 4.79 Å². The van der Waals surface area contributed by atoms with Crippen molar-refractivity contribution in [1.29, 1.82) is 0 Å². The second-order valence-corrected chi connectivity index (χ2v) is 8.87. The van der Waals surface area contributed by atoms with Crippen LogP contribution in [0.3, 0.4) is 0 Å². The van der Waals surface area contributed by atoms with E-state index < -0.39 is 11.9 Å². The molecule has 0 fully saturated rings. The van der Waals surface area contributed by atoms with Crippen LogP contribution < -0.4 is 10.6 Å². The Kier molecular flexibility index (Phi) is 9.97. The SMILES string of the molecule is CCCC/C(=N\OCc1ccc(NC(=O)NC(=O)c2ccccc2Cl)cc1)c1ccc(Cl)cc1Cl. The van der Waals surface area contributed by atoms with Crippen LogP contribution >= 0.6 is 34.8 Å². The Morgan fingerprint density at radius 3 is 2.34 bits per heavy atom. The smallest absolute Gasteiger partial charge is 0.326 e. The van der Waals surface area contributed by atoms with Gasteiger partial charge in [-0.1, -0.05) is 83.6 Å². The third-order valence-electron chi connectivity index (χ3n) is 4.97. The lowest BCUT2D eigenvalue weighted by atomic mass is 10.1. The number of unbranched alkanes of at least 4 members (excludes halogenated alkanes) is 1. The van der Waals surface area contributed by atoms with Gasteiger partial charge in [0.05, 0.1) is 21.3 Å². The Morgan fingerprint density at radius 2 is 1.66 bits per heavy atom. The number of nitrogens with one attached hydrogen (secondary N) is 2. The molecule has 0 spiro atoms. The van der Waals surface area contributed by atoms with Crippen molar-refractivity contribution in [2.45, 2.75) is 32.8 Å². The molecule has 2 N–H and O–H groups in total. The number of carbonyl (C=O) groups is 2. The number of oxime groups is 1. The van der Waals surface area contributed by atoms with Crippen molar-refractivity contribution in [3.63, 3.8) is 0 Å². The number of halogens is 3. The molecule has 182 valence electrons. The van der Waals surface area contributed by atoms with E-state index in [1.165, 1.54) is 6.07 Å². The van der Waals surface area contributed by atoms with Gasteiger partial charge in [-0.05, 0) is 54.8 Å². The van der Waals surface area contributed by atoms with E-state index in [2.05, 4.69) is 22.7 Å². The predicted molar refractivity (Wildman–Crippen MR) is 142 cm³/mol. The molecule has 6 nitrogen and oxygen atoms in total. The normalized spacial score (nSPS) is 11.1. The molecule has 0 aliphatic heterocycles. The molecule has 0 aromatic heterocycles. The van der Waals surface area contributed by atoms with Gasteiger partial charge in [0.25, 0.3) is 5.91 Å². The molecule has 3 aromatic rings. The van der Waals surface area contributed by atoms with E-state index in [-0.39, 0.29) is 17.2 Å². The highest BCUT2D eigenvalue weighted by Gasteiger charge is 2.13. The molecule has 0 aliphatic carbocycles. The number of rotatable bonds is 9. The number of nitrogens with zero attached hydrogens (tertiary/aromatic N) is 1. The second-order valence-electron chi connectivity index (χ2n) is 7.62. The number of hydrogen-bond acceptors (Lipinski definition) is 4. The molecule has 35 heavy (non-hydrogen) atoms. The molecule has 3 amide bonds. The van der Waals surface area contributed by atoms with Gasteiger partial charge < -0.3 is 10.2 Å². The first kappa shape index (κ1) is 26.5. The van der Waals surface area contributed by atoms with Gasteiger partial charge in [-0.2, -0.15) is 0 Å². The summed E-state index contributed by atoms with van der Waals surface area (Å²) in [4.78, 5) is 30.0. The van der Waals surface area contributed by atoms with Crippen LogP contribution in [0.15, 0.2) is 71.9 Å². The lowest BCUT2D eigenvalue weighted by molar-refractivity contribution is 0.0967. The monoisotopic (exact) mass is 531 g/mol. The molecule has 0 saturated carbocycles. The van der Waals surface area contributed by atoms with Gasteiger partial charge in [0, 0.05) is 16.3 Å². The fourth-order valence-electron chi connectivity index (χ4n) is 3.14. The van der Waals surface area contributed by atoms with Crippen LogP contribution in [-0.4, -0.2) is 17.6 Å². The van der Waals surface area contributed by atoms with Crippen molar-refractivity contribution in [2.75, 3.05) is 5.32 Å². The maximum atomic E-state index is 12.2. The van der Waals surface area contributed by atoms with E-state index in [1.54, 1.807) is 54.6 Å². The minimum atomic E-state index is -0.663. The molecule has 0 unspecified atom stereocenters. The summed E-state index contributed by atoms with van der Waals surface area (Å²) >= 11 is 18.3. The predicted octanol–water partition coefficient (Wildman–Crippen LogP) is 7.72. The first-order valence-electron chi connectivity index (χ1n) is 11.0. The molecule has 0 atom stereocenters. The van der Waals surface area contributed by atoms with Gasteiger partial charge in [0.1, 0.15) is 6.61 Å². The minimum absolute atomic E-state index is 0.218. The third kappa shape index (κ3) is 7.99. The standard InChI is InChI=1S/C26H24Cl3N3O3/c1-2-3-8-24(20-14-11-18(27)15-23(20)29)32-35-16-17-9-12-19(13-10-17)30-26(34)31-25(33)21-6-4-5-7-22(21)28/h4-7,9-15H,2-3,8,16H2,1H3,(H2,30,31,33,34)/b32-24+. The topological polar surface area (TPSA) is 79.8 Å². The highest BCUT2D eigenvalue weighted by molar-refractivity contribution is 6.37. The van der Waals surface area contributed by atoms with E-state index in [0.717, 1.165) is 36.1 Å². The average Bonchev–Trinajstić information content (AvgIpc) is 2.83. The number of benzene rings is 3. The highest BCUT2D eigenvalue weighted by atomic mass is 35.5. The average molecular weight is 533 g/mol. The molecule has 0 saturated heterocycles. The first-order chi connectivity index (χ1) is 16.9. The fraction of sp³-hybridized carbons (Fsp3) is 0.192. The van der Waals surface area contributed by atoms with Gasteiger partial charge >= 0.3 is 6.03 Å². The summed E-state index contributed by atoms with van der Waals surface area (Å²) in [5.41, 5.74) is 3.13. The molecular formula is C26H24Cl3N3O3. The van der Waals surface area contributed by atoms with Crippen molar-refractivity contribution in [3.8, 4) is 0 Å². The zero-order valence-electron chi connectivity index (χ0n) is 19.0. The highest BCUT2D eigenvalue weighted by Crippen LogP contribution is 2.24. The lowest BCUT2D eigenvalue weighted by Gasteiger charge is -2.10. The van der Waals surface area contributed by atoms with Crippen molar-refractivity contribution in [2.24, 2.45) is 5.16 Å². The van der Waals surface area contributed by atoms with Crippen LogP contribution in [0.2, 0.25) is 15.1 Å². The van der Waals surface area contributed by atoms with E-state index in [0.29, 0.717) is 15.7 Å².